The van der Waals surface area contributed by atoms with Crippen LogP contribution in [0, 0.1) is 0 Å². The highest BCUT2D eigenvalue weighted by Crippen LogP contribution is 2.32. The van der Waals surface area contributed by atoms with E-state index in [0.29, 0.717) is 12.0 Å². The summed E-state index contributed by atoms with van der Waals surface area (Å²) in [5, 5.41) is 0. The van der Waals surface area contributed by atoms with E-state index in [0.717, 1.165) is 42.5 Å². The minimum Gasteiger partial charge on any atom is -0.289 e. The average Bonchev–Trinajstić information content (AvgIpc) is 3.32. The van der Waals surface area contributed by atoms with E-state index < -0.39 is 0 Å². The Labute approximate surface area is 154 Å². The molecule has 0 bridgehead atoms. The fraction of sp³-hybridized carbons (Fsp3) is 0.381. The Bertz CT molecular complexity index is 856. The monoisotopic (exact) mass is 347 g/mol. The second-order valence-electron chi connectivity index (χ2n) is 7.18. The lowest BCUT2D eigenvalue weighted by molar-refractivity contribution is 0.241. The van der Waals surface area contributed by atoms with E-state index >= 15 is 0 Å². The summed E-state index contributed by atoms with van der Waals surface area (Å²) in [7, 11) is 0. The van der Waals surface area contributed by atoms with Crippen LogP contribution in [0.5, 0.6) is 0 Å². The van der Waals surface area contributed by atoms with Gasteiger partial charge in [-0.05, 0) is 43.7 Å². The third kappa shape index (κ3) is 3.40. The van der Waals surface area contributed by atoms with Crippen LogP contribution in [0.2, 0.25) is 0 Å². The first-order valence-electron chi connectivity index (χ1n) is 9.37. The van der Waals surface area contributed by atoms with Crippen molar-refractivity contribution in [3.05, 3.63) is 72.2 Å². The standard InChI is InChI=1S/C21H25N5/c1-16(2)21-23-12-14-26(21)20-10-5-8-18(24-20)19-9-6-13-25(19)15-17-7-3-4-11-22-17/h3-5,7-8,10-12,14,16,19H,6,9,13,15H2,1-2H3. The Morgan fingerprint density at radius 3 is 2.81 bits per heavy atom. The van der Waals surface area contributed by atoms with Gasteiger partial charge in [0.15, 0.2) is 0 Å². The lowest BCUT2D eigenvalue weighted by atomic mass is 10.1. The second-order valence-corrected chi connectivity index (χ2v) is 7.18. The lowest BCUT2D eigenvalue weighted by Crippen LogP contribution is -2.24. The van der Waals surface area contributed by atoms with Crippen molar-refractivity contribution in [1.82, 2.24) is 24.4 Å². The molecule has 0 spiro atoms. The summed E-state index contributed by atoms with van der Waals surface area (Å²) in [5.41, 5.74) is 2.26. The van der Waals surface area contributed by atoms with Gasteiger partial charge in [-0.1, -0.05) is 26.0 Å². The van der Waals surface area contributed by atoms with Gasteiger partial charge < -0.3 is 0 Å². The number of aromatic nitrogens is 4. The van der Waals surface area contributed by atoms with Gasteiger partial charge in [-0.3, -0.25) is 14.5 Å². The first-order valence-corrected chi connectivity index (χ1v) is 9.37. The molecule has 1 aliphatic heterocycles. The molecular weight excluding hydrogens is 322 g/mol. The Kier molecular flexibility index (Phi) is 4.80. The molecule has 3 aromatic rings. The molecule has 1 saturated heterocycles. The van der Waals surface area contributed by atoms with E-state index in [4.69, 9.17) is 4.98 Å². The number of imidazole rings is 1. The fourth-order valence-electron chi connectivity index (χ4n) is 3.75. The van der Waals surface area contributed by atoms with Crippen LogP contribution in [0.15, 0.2) is 55.0 Å². The molecule has 0 radical (unpaired) electrons. The molecule has 26 heavy (non-hydrogen) atoms. The van der Waals surface area contributed by atoms with Crippen LogP contribution in [0.25, 0.3) is 5.82 Å². The van der Waals surface area contributed by atoms with Crippen LogP contribution in [0.3, 0.4) is 0 Å². The molecule has 3 aromatic heterocycles. The van der Waals surface area contributed by atoms with Crippen molar-refractivity contribution in [2.24, 2.45) is 0 Å². The molecule has 0 aromatic carbocycles. The van der Waals surface area contributed by atoms with E-state index in [9.17, 15) is 0 Å². The second kappa shape index (κ2) is 7.38. The molecule has 0 amide bonds. The van der Waals surface area contributed by atoms with Crippen LogP contribution in [0.4, 0.5) is 0 Å². The molecule has 0 aliphatic carbocycles. The number of hydrogen-bond donors (Lipinski definition) is 0. The van der Waals surface area contributed by atoms with Crippen molar-refractivity contribution in [2.75, 3.05) is 6.54 Å². The molecule has 0 saturated carbocycles. The molecule has 1 aliphatic rings. The highest BCUT2D eigenvalue weighted by atomic mass is 15.2. The van der Waals surface area contributed by atoms with Crippen molar-refractivity contribution in [1.29, 1.82) is 0 Å². The number of rotatable bonds is 5. The molecule has 5 heteroatoms. The maximum Gasteiger partial charge on any atom is 0.138 e. The highest BCUT2D eigenvalue weighted by molar-refractivity contribution is 5.29. The Hall–Kier alpha value is -2.53. The molecule has 4 heterocycles. The molecule has 4 rings (SSSR count). The Morgan fingerprint density at radius 2 is 2.00 bits per heavy atom. The van der Waals surface area contributed by atoms with Crippen LogP contribution >= 0.6 is 0 Å². The quantitative estimate of drug-likeness (QED) is 0.696. The predicted octanol–water partition coefficient (Wildman–Crippen LogP) is 4.12. The lowest BCUT2D eigenvalue weighted by Gasteiger charge is -2.24. The first-order chi connectivity index (χ1) is 12.7. The SMILES string of the molecule is CC(C)c1nccn1-c1cccc(C2CCCN2Cc2ccccn2)n1. The van der Waals surface area contributed by atoms with Gasteiger partial charge in [0.05, 0.1) is 17.4 Å². The molecular formula is C21H25N5. The van der Waals surface area contributed by atoms with E-state index in [2.05, 4.69) is 63.6 Å². The predicted molar refractivity (Wildman–Crippen MR) is 102 cm³/mol. The van der Waals surface area contributed by atoms with Gasteiger partial charge in [0.25, 0.3) is 0 Å². The van der Waals surface area contributed by atoms with Gasteiger partial charge in [-0.2, -0.15) is 0 Å². The normalized spacial score (nSPS) is 17.9. The minimum absolute atomic E-state index is 0.350. The largest absolute Gasteiger partial charge is 0.289 e. The zero-order chi connectivity index (χ0) is 17.9. The maximum atomic E-state index is 4.99. The van der Waals surface area contributed by atoms with Crippen LogP contribution < -0.4 is 0 Å². The first kappa shape index (κ1) is 16.9. The molecule has 0 N–H and O–H groups in total. The number of pyridine rings is 2. The van der Waals surface area contributed by atoms with Gasteiger partial charge >= 0.3 is 0 Å². The molecule has 1 atom stereocenters. The maximum absolute atomic E-state index is 4.99. The van der Waals surface area contributed by atoms with Crippen molar-refractivity contribution in [3.63, 3.8) is 0 Å². The number of hydrogen-bond acceptors (Lipinski definition) is 4. The van der Waals surface area contributed by atoms with Gasteiger partial charge in [0, 0.05) is 31.1 Å². The summed E-state index contributed by atoms with van der Waals surface area (Å²) >= 11 is 0. The summed E-state index contributed by atoms with van der Waals surface area (Å²) in [6, 6.07) is 12.8. The minimum atomic E-state index is 0.350. The van der Waals surface area contributed by atoms with E-state index in [1.54, 1.807) is 0 Å². The third-order valence-corrected chi connectivity index (χ3v) is 4.98. The van der Waals surface area contributed by atoms with E-state index in [1.807, 2.05) is 24.7 Å². The van der Waals surface area contributed by atoms with Crippen molar-refractivity contribution < 1.29 is 0 Å². The Balaban J connectivity index is 1.60. The zero-order valence-electron chi connectivity index (χ0n) is 15.4. The van der Waals surface area contributed by atoms with Gasteiger partial charge in [0.2, 0.25) is 0 Å². The van der Waals surface area contributed by atoms with Crippen LogP contribution in [-0.4, -0.2) is 31.0 Å². The summed E-state index contributed by atoms with van der Waals surface area (Å²) < 4.78 is 2.10. The number of likely N-dealkylation sites (tertiary alicyclic amines) is 1. The highest BCUT2D eigenvalue weighted by Gasteiger charge is 2.27. The molecule has 5 nitrogen and oxygen atoms in total. The van der Waals surface area contributed by atoms with Crippen molar-refractivity contribution >= 4 is 0 Å². The fourth-order valence-corrected chi connectivity index (χ4v) is 3.75. The van der Waals surface area contributed by atoms with Crippen molar-refractivity contribution in [3.8, 4) is 5.82 Å². The molecule has 1 unspecified atom stereocenters. The average molecular weight is 347 g/mol. The summed E-state index contributed by atoms with van der Waals surface area (Å²) in [4.78, 5) is 16.5. The van der Waals surface area contributed by atoms with Crippen LogP contribution in [0.1, 0.15) is 55.9 Å². The molecule has 134 valence electrons. The summed E-state index contributed by atoms with van der Waals surface area (Å²) in [6.07, 6.45) is 8.07. The summed E-state index contributed by atoms with van der Waals surface area (Å²) in [5.74, 6) is 2.36. The van der Waals surface area contributed by atoms with Gasteiger partial charge in [0.1, 0.15) is 11.6 Å². The smallest absolute Gasteiger partial charge is 0.138 e. The van der Waals surface area contributed by atoms with Crippen LogP contribution in [-0.2, 0) is 6.54 Å². The Morgan fingerprint density at radius 1 is 1.08 bits per heavy atom. The van der Waals surface area contributed by atoms with E-state index in [1.165, 1.54) is 6.42 Å². The van der Waals surface area contributed by atoms with E-state index in [-0.39, 0.29) is 0 Å². The van der Waals surface area contributed by atoms with Gasteiger partial charge in [-0.25, -0.2) is 9.97 Å². The van der Waals surface area contributed by atoms with Gasteiger partial charge in [-0.15, -0.1) is 0 Å². The third-order valence-electron chi connectivity index (χ3n) is 4.98. The number of nitrogens with zero attached hydrogens (tertiary/aromatic N) is 5. The zero-order valence-corrected chi connectivity index (χ0v) is 15.4. The molecule has 1 fully saturated rings. The summed E-state index contributed by atoms with van der Waals surface area (Å²) in [6.45, 7) is 6.29. The van der Waals surface area contributed by atoms with Crippen molar-refractivity contribution in [2.45, 2.75) is 45.2 Å². The topological polar surface area (TPSA) is 46.8 Å².